The molecule has 4 rings (SSSR count). The van der Waals surface area contributed by atoms with Crippen LogP contribution in [0, 0.1) is 6.92 Å². The van der Waals surface area contributed by atoms with Crippen molar-refractivity contribution in [3.8, 4) is 5.75 Å². The van der Waals surface area contributed by atoms with Crippen LogP contribution in [0.3, 0.4) is 0 Å². The van der Waals surface area contributed by atoms with Crippen LogP contribution in [-0.2, 0) is 22.4 Å². The van der Waals surface area contributed by atoms with E-state index in [-0.39, 0.29) is 5.02 Å². The van der Waals surface area contributed by atoms with Crippen LogP contribution in [-0.4, -0.2) is 17.8 Å². The van der Waals surface area contributed by atoms with Crippen molar-refractivity contribution >= 4 is 57.1 Å². The third-order valence-electron chi connectivity index (χ3n) is 5.40. The van der Waals surface area contributed by atoms with Gasteiger partial charge in [0.15, 0.2) is 0 Å². The number of rotatable bonds is 5. The van der Waals surface area contributed by atoms with Crippen molar-refractivity contribution in [1.29, 1.82) is 0 Å². The second-order valence-corrected chi connectivity index (χ2v) is 9.35. The Hall–Kier alpha value is -3.63. The summed E-state index contributed by atoms with van der Waals surface area (Å²) < 4.78 is 45.9. The van der Waals surface area contributed by atoms with Crippen LogP contribution in [0.4, 0.5) is 23.7 Å². The fraction of sp³-hybridized carbons (Fsp3) is 0.115. The third-order valence-corrected chi connectivity index (χ3v) is 6.34. The van der Waals surface area contributed by atoms with Crippen molar-refractivity contribution in [2.45, 2.75) is 19.7 Å². The van der Waals surface area contributed by atoms with E-state index in [2.05, 4.69) is 15.9 Å². The van der Waals surface area contributed by atoms with E-state index in [1.54, 1.807) is 18.2 Å². The minimum Gasteiger partial charge on any atom is -0.488 e. The number of aryl methyl sites for hydroxylation is 1. The Labute approximate surface area is 222 Å². The number of imide groups is 2. The molecule has 1 aliphatic heterocycles. The first-order valence-corrected chi connectivity index (χ1v) is 11.9. The normalized spacial score (nSPS) is 15.2. The molecule has 1 fully saturated rings. The molecule has 1 N–H and O–H groups in total. The molecule has 0 saturated carbocycles. The van der Waals surface area contributed by atoms with Gasteiger partial charge in [-0.25, -0.2) is 9.69 Å². The Bertz CT molecular complexity index is 1440. The predicted molar refractivity (Wildman–Crippen MR) is 135 cm³/mol. The molecule has 0 bridgehead atoms. The molecule has 0 aromatic heterocycles. The van der Waals surface area contributed by atoms with Gasteiger partial charge in [0, 0.05) is 0 Å². The first-order valence-electron chi connectivity index (χ1n) is 10.7. The van der Waals surface area contributed by atoms with E-state index >= 15 is 0 Å². The molecule has 11 heteroatoms. The molecule has 190 valence electrons. The summed E-state index contributed by atoms with van der Waals surface area (Å²) >= 11 is 9.40. The molecule has 1 saturated heterocycles. The monoisotopic (exact) mass is 592 g/mol. The fourth-order valence-corrected chi connectivity index (χ4v) is 4.19. The Morgan fingerprint density at radius 2 is 1.73 bits per heavy atom. The van der Waals surface area contributed by atoms with Gasteiger partial charge in [-0.2, -0.15) is 13.2 Å². The molecule has 0 unspecified atom stereocenters. The summed E-state index contributed by atoms with van der Waals surface area (Å²) in [6.07, 6.45) is -3.52. The molecule has 0 aliphatic carbocycles. The fourth-order valence-electron chi connectivity index (χ4n) is 3.47. The number of hydrogen-bond donors (Lipinski definition) is 1. The van der Waals surface area contributed by atoms with Crippen molar-refractivity contribution < 1.29 is 32.3 Å². The number of urea groups is 1. The van der Waals surface area contributed by atoms with Gasteiger partial charge in [-0.05, 0) is 70.4 Å². The SMILES string of the molecule is Cc1ccc(COc2ccc(/C=C3/C(=O)NC(=O)N(c4cc(C(F)(F)F)ccc4Cl)C3=O)cc2Br)cc1. The molecule has 3 aromatic carbocycles. The highest BCUT2D eigenvalue weighted by molar-refractivity contribution is 9.10. The number of alkyl halides is 3. The van der Waals surface area contributed by atoms with Crippen LogP contribution >= 0.6 is 27.5 Å². The van der Waals surface area contributed by atoms with E-state index in [0.717, 1.165) is 23.3 Å². The summed E-state index contributed by atoms with van der Waals surface area (Å²) in [4.78, 5) is 38.4. The van der Waals surface area contributed by atoms with Crippen molar-refractivity contribution in [1.82, 2.24) is 5.32 Å². The Morgan fingerprint density at radius 1 is 1.03 bits per heavy atom. The number of amides is 4. The molecule has 1 aliphatic rings. The maximum atomic E-state index is 13.2. The largest absolute Gasteiger partial charge is 0.488 e. The zero-order chi connectivity index (χ0) is 26.9. The number of hydrogen-bond acceptors (Lipinski definition) is 4. The predicted octanol–water partition coefficient (Wildman–Crippen LogP) is 6.68. The van der Waals surface area contributed by atoms with Gasteiger partial charge in [-0.15, -0.1) is 0 Å². The summed E-state index contributed by atoms with van der Waals surface area (Å²) in [6.45, 7) is 2.30. The molecule has 0 atom stereocenters. The number of carbonyl (C=O) groups is 3. The van der Waals surface area contributed by atoms with Gasteiger partial charge < -0.3 is 4.74 Å². The molecule has 0 radical (unpaired) electrons. The Morgan fingerprint density at radius 3 is 2.38 bits per heavy atom. The third kappa shape index (κ3) is 5.86. The lowest BCUT2D eigenvalue weighted by Gasteiger charge is -2.27. The van der Waals surface area contributed by atoms with E-state index < -0.39 is 40.8 Å². The number of benzene rings is 3. The number of nitrogens with one attached hydrogen (secondary N) is 1. The van der Waals surface area contributed by atoms with Gasteiger partial charge in [0.1, 0.15) is 17.9 Å². The van der Waals surface area contributed by atoms with Crippen molar-refractivity contribution in [3.05, 3.63) is 98.0 Å². The minimum absolute atomic E-state index is 0.275. The summed E-state index contributed by atoms with van der Waals surface area (Å²) in [7, 11) is 0. The van der Waals surface area contributed by atoms with Gasteiger partial charge in [-0.1, -0.05) is 47.5 Å². The second kappa shape index (κ2) is 10.4. The lowest BCUT2D eigenvalue weighted by molar-refractivity contribution is -0.137. The number of anilines is 1. The maximum Gasteiger partial charge on any atom is 0.416 e. The molecular weight excluding hydrogens is 577 g/mol. The standard InChI is InChI=1S/C26H17BrClF3N2O4/c1-14-2-4-15(5-3-14)13-37-22-9-6-16(11-19(22)27)10-18-23(34)32-25(36)33(24(18)35)21-12-17(26(29,30)31)7-8-20(21)28/h2-12H,13H2,1H3,(H,32,34,36)/b18-10-. The average Bonchev–Trinajstić information content (AvgIpc) is 2.82. The first-order chi connectivity index (χ1) is 17.4. The van der Waals surface area contributed by atoms with Gasteiger partial charge in [0.25, 0.3) is 11.8 Å². The molecule has 1 heterocycles. The van der Waals surface area contributed by atoms with Gasteiger partial charge in [0.2, 0.25) is 0 Å². The van der Waals surface area contributed by atoms with Crippen molar-refractivity contribution in [3.63, 3.8) is 0 Å². The van der Waals surface area contributed by atoms with Crippen molar-refractivity contribution in [2.75, 3.05) is 4.90 Å². The Kier molecular flexibility index (Phi) is 7.42. The maximum absolute atomic E-state index is 13.2. The zero-order valence-corrected chi connectivity index (χ0v) is 21.4. The molecule has 6 nitrogen and oxygen atoms in total. The van der Waals surface area contributed by atoms with E-state index in [0.29, 0.717) is 33.4 Å². The van der Waals surface area contributed by atoms with Gasteiger partial charge >= 0.3 is 12.2 Å². The number of nitrogens with zero attached hydrogens (tertiary/aromatic N) is 1. The summed E-state index contributed by atoms with van der Waals surface area (Å²) in [5.41, 5.74) is 0.412. The highest BCUT2D eigenvalue weighted by Crippen LogP contribution is 2.37. The molecule has 0 spiro atoms. The summed E-state index contributed by atoms with van der Waals surface area (Å²) in [5.74, 6) is -1.61. The first kappa shape index (κ1) is 26.4. The summed E-state index contributed by atoms with van der Waals surface area (Å²) in [6, 6.07) is 13.6. The average molecular weight is 594 g/mol. The smallest absolute Gasteiger partial charge is 0.416 e. The minimum atomic E-state index is -4.74. The topological polar surface area (TPSA) is 75.7 Å². The zero-order valence-electron chi connectivity index (χ0n) is 19.0. The summed E-state index contributed by atoms with van der Waals surface area (Å²) in [5, 5.41) is 1.69. The molecule has 3 aromatic rings. The van der Waals surface area contributed by atoms with Crippen LogP contribution in [0.25, 0.3) is 6.08 Å². The molecule has 37 heavy (non-hydrogen) atoms. The van der Waals surface area contributed by atoms with E-state index in [9.17, 15) is 27.6 Å². The quantitative estimate of drug-likeness (QED) is 0.265. The number of ether oxygens (including phenoxy) is 1. The number of halogens is 5. The van der Waals surface area contributed by atoms with E-state index in [4.69, 9.17) is 16.3 Å². The van der Waals surface area contributed by atoms with E-state index in [1.807, 2.05) is 36.5 Å². The van der Waals surface area contributed by atoms with Crippen LogP contribution in [0.1, 0.15) is 22.3 Å². The van der Waals surface area contributed by atoms with Gasteiger partial charge in [0.05, 0.1) is 20.7 Å². The van der Waals surface area contributed by atoms with Crippen molar-refractivity contribution in [2.24, 2.45) is 0 Å². The molecule has 4 amide bonds. The Balaban J connectivity index is 1.60. The number of carbonyl (C=O) groups excluding carboxylic acids is 3. The lowest BCUT2D eigenvalue weighted by Crippen LogP contribution is -2.54. The second-order valence-electron chi connectivity index (χ2n) is 8.09. The van der Waals surface area contributed by atoms with Crippen LogP contribution in [0.15, 0.2) is 70.7 Å². The number of barbiturate groups is 1. The van der Waals surface area contributed by atoms with Crippen LogP contribution in [0.5, 0.6) is 5.75 Å². The molecular formula is C26H17BrClF3N2O4. The van der Waals surface area contributed by atoms with Gasteiger partial charge in [-0.3, -0.25) is 14.9 Å². The highest BCUT2D eigenvalue weighted by Gasteiger charge is 2.39. The lowest BCUT2D eigenvalue weighted by atomic mass is 10.1. The van der Waals surface area contributed by atoms with E-state index in [1.165, 1.54) is 6.08 Å². The van der Waals surface area contributed by atoms with Crippen LogP contribution in [0.2, 0.25) is 5.02 Å². The highest BCUT2D eigenvalue weighted by atomic mass is 79.9. The van der Waals surface area contributed by atoms with Crippen LogP contribution < -0.4 is 15.0 Å².